The third kappa shape index (κ3) is 3.88. The smallest absolute Gasteiger partial charge is 0.307 e. The number of carbonyl (C=O) groups excluding carboxylic acids is 2. The summed E-state index contributed by atoms with van der Waals surface area (Å²) in [5.41, 5.74) is 6.85. The number of nitrogens with two attached hydrogens (primary N) is 1. The minimum Gasteiger partial charge on any atom is -0.469 e. The zero-order chi connectivity index (χ0) is 12.7. The molecule has 0 aliphatic rings. The molecule has 1 amide bonds. The monoisotopic (exact) mass is 236 g/mol. The van der Waals surface area contributed by atoms with Crippen molar-refractivity contribution in [3.8, 4) is 0 Å². The fraction of sp³-hybridized carbons (Fsp3) is 0.333. The predicted octanol–water partition coefficient (Wildman–Crippen LogP) is 0.438. The van der Waals surface area contributed by atoms with E-state index in [1.54, 1.807) is 18.2 Å². The minimum atomic E-state index is -0.350. The molecule has 17 heavy (non-hydrogen) atoms. The Balaban J connectivity index is 2.55. The van der Waals surface area contributed by atoms with Gasteiger partial charge in [0.1, 0.15) is 0 Å². The van der Waals surface area contributed by atoms with E-state index in [1.165, 1.54) is 7.11 Å². The largest absolute Gasteiger partial charge is 0.469 e. The van der Waals surface area contributed by atoms with E-state index in [0.717, 1.165) is 5.56 Å². The van der Waals surface area contributed by atoms with Gasteiger partial charge in [0.15, 0.2) is 0 Å². The Hall–Kier alpha value is -1.88. The number of esters is 1. The van der Waals surface area contributed by atoms with Crippen molar-refractivity contribution in [1.29, 1.82) is 0 Å². The normalized spacial score (nSPS) is 9.76. The molecular formula is C12H16N2O3. The van der Waals surface area contributed by atoms with Gasteiger partial charge in [-0.3, -0.25) is 9.59 Å². The molecule has 1 aromatic rings. The van der Waals surface area contributed by atoms with Gasteiger partial charge in [0, 0.05) is 18.7 Å². The molecule has 3 N–H and O–H groups in total. The van der Waals surface area contributed by atoms with Gasteiger partial charge in [-0.25, -0.2) is 0 Å². The maximum absolute atomic E-state index is 11.8. The van der Waals surface area contributed by atoms with Crippen LogP contribution in [0.4, 0.5) is 0 Å². The van der Waals surface area contributed by atoms with E-state index < -0.39 is 0 Å². The van der Waals surface area contributed by atoms with Crippen molar-refractivity contribution in [3.63, 3.8) is 0 Å². The van der Waals surface area contributed by atoms with Gasteiger partial charge in [-0.15, -0.1) is 0 Å². The Kier molecular flexibility index (Phi) is 5.16. The molecule has 0 spiro atoms. The van der Waals surface area contributed by atoms with Crippen LogP contribution in [0.3, 0.4) is 0 Å². The first kappa shape index (κ1) is 13.2. The van der Waals surface area contributed by atoms with E-state index >= 15 is 0 Å². The third-order valence-corrected chi connectivity index (χ3v) is 2.32. The minimum absolute atomic E-state index is 0.160. The molecule has 5 nitrogen and oxygen atoms in total. The van der Waals surface area contributed by atoms with E-state index in [0.29, 0.717) is 12.1 Å². The highest BCUT2D eigenvalue weighted by atomic mass is 16.5. The van der Waals surface area contributed by atoms with Crippen molar-refractivity contribution in [2.45, 2.75) is 13.0 Å². The first-order valence-corrected chi connectivity index (χ1v) is 5.32. The van der Waals surface area contributed by atoms with Crippen LogP contribution in [0.25, 0.3) is 0 Å². The average molecular weight is 236 g/mol. The van der Waals surface area contributed by atoms with Crippen molar-refractivity contribution in [2.75, 3.05) is 13.7 Å². The van der Waals surface area contributed by atoms with Gasteiger partial charge in [-0.05, 0) is 11.6 Å². The number of rotatable bonds is 5. The molecule has 0 bridgehead atoms. The zero-order valence-corrected chi connectivity index (χ0v) is 9.73. The van der Waals surface area contributed by atoms with Gasteiger partial charge in [-0.2, -0.15) is 0 Å². The zero-order valence-electron chi connectivity index (χ0n) is 9.73. The lowest BCUT2D eigenvalue weighted by molar-refractivity contribution is -0.140. The standard InChI is InChI=1S/C12H16N2O3/c1-17-11(15)6-7-14-12(16)10-5-3-2-4-9(10)8-13/h2-5H,6-8,13H2,1H3,(H,14,16). The summed E-state index contributed by atoms with van der Waals surface area (Å²) >= 11 is 0. The van der Waals surface area contributed by atoms with Gasteiger partial charge >= 0.3 is 5.97 Å². The number of ether oxygens (including phenoxy) is 1. The number of methoxy groups -OCH3 is 1. The second-order valence-electron chi connectivity index (χ2n) is 3.44. The Morgan fingerprint density at radius 3 is 2.71 bits per heavy atom. The first-order chi connectivity index (χ1) is 8.19. The summed E-state index contributed by atoms with van der Waals surface area (Å²) in [7, 11) is 1.31. The van der Waals surface area contributed by atoms with Crippen LogP contribution in [-0.2, 0) is 16.1 Å². The Morgan fingerprint density at radius 2 is 2.06 bits per heavy atom. The summed E-state index contributed by atoms with van der Waals surface area (Å²) in [4.78, 5) is 22.6. The molecule has 0 aromatic heterocycles. The average Bonchev–Trinajstić information content (AvgIpc) is 2.38. The number of amides is 1. The lowest BCUT2D eigenvalue weighted by Crippen LogP contribution is -2.27. The predicted molar refractivity (Wildman–Crippen MR) is 63.3 cm³/mol. The highest BCUT2D eigenvalue weighted by molar-refractivity contribution is 5.95. The van der Waals surface area contributed by atoms with E-state index in [1.807, 2.05) is 6.07 Å². The van der Waals surface area contributed by atoms with Crippen molar-refractivity contribution in [2.24, 2.45) is 5.73 Å². The number of nitrogens with one attached hydrogen (secondary N) is 1. The summed E-state index contributed by atoms with van der Waals surface area (Å²) in [6.45, 7) is 0.561. The number of carbonyl (C=O) groups is 2. The second kappa shape index (κ2) is 6.65. The van der Waals surface area contributed by atoms with Crippen molar-refractivity contribution in [1.82, 2.24) is 5.32 Å². The van der Waals surface area contributed by atoms with E-state index in [9.17, 15) is 9.59 Å². The molecule has 0 saturated heterocycles. The Morgan fingerprint density at radius 1 is 1.35 bits per heavy atom. The Labute approximate surface area is 99.9 Å². The summed E-state index contributed by atoms with van der Waals surface area (Å²) in [5.74, 6) is -0.577. The SMILES string of the molecule is COC(=O)CCNC(=O)c1ccccc1CN. The van der Waals surface area contributed by atoms with Gasteiger partial charge in [0.2, 0.25) is 0 Å². The Bertz CT molecular complexity index is 404. The maximum atomic E-state index is 11.8. The van der Waals surface area contributed by atoms with Crippen LogP contribution in [0, 0.1) is 0 Å². The van der Waals surface area contributed by atoms with Crippen molar-refractivity contribution in [3.05, 3.63) is 35.4 Å². The van der Waals surface area contributed by atoms with Crippen LogP contribution in [-0.4, -0.2) is 25.5 Å². The summed E-state index contributed by atoms with van der Waals surface area (Å²) in [5, 5.41) is 2.64. The van der Waals surface area contributed by atoms with Crippen LogP contribution in [0.2, 0.25) is 0 Å². The van der Waals surface area contributed by atoms with Gasteiger partial charge in [0.25, 0.3) is 5.91 Å². The molecule has 0 atom stereocenters. The van der Waals surface area contributed by atoms with Crippen molar-refractivity contribution >= 4 is 11.9 Å². The van der Waals surface area contributed by atoms with Crippen LogP contribution in [0.5, 0.6) is 0 Å². The van der Waals surface area contributed by atoms with Crippen molar-refractivity contribution < 1.29 is 14.3 Å². The van der Waals surface area contributed by atoms with E-state index in [-0.39, 0.29) is 24.8 Å². The number of benzene rings is 1. The highest BCUT2D eigenvalue weighted by Gasteiger charge is 2.09. The molecular weight excluding hydrogens is 220 g/mol. The van der Waals surface area contributed by atoms with Gasteiger partial charge < -0.3 is 15.8 Å². The molecule has 0 radical (unpaired) electrons. The number of hydrogen-bond acceptors (Lipinski definition) is 4. The van der Waals surface area contributed by atoms with Crippen LogP contribution < -0.4 is 11.1 Å². The number of hydrogen-bond donors (Lipinski definition) is 2. The molecule has 0 unspecified atom stereocenters. The van der Waals surface area contributed by atoms with E-state index in [4.69, 9.17) is 5.73 Å². The lowest BCUT2D eigenvalue weighted by Gasteiger charge is -2.08. The van der Waals surface area contributed by atoms with Crippen LogP contribution in [0.15, 0.2) is 24.3 Å². The molecule has 0 aliphatic heterocycles. The fourth-order valence-corrected chi connectivity index (χ4v) is 1.40. The maximum Gasteiger partial charge on any atom is 0.307 e. The first-order valence-electron chi connectivity index (χ1n) is 5.32. The topological polar surface area (TPSA) is 81.4 Å². The summed E-state index contributed by atoms with van der Waals surface area (Å²) < 4.78 is 4.47. The third-order valence-electron chi connectivity index (χ3n) is 2.32. The van der Waals surface area contributed by atoms with Gasteiger partial charge in [0.05, 0.1) is 13.5 Å². The molecule has 0 saturated carbocycles. The molecule has 92 valence electrons. The highest BCUT2D eigenvalue weighted by Crippen LogP contribution is 2.07. The second-order valence-corrected chi connectivity index (χ2v) is 3.44. The van der Waals surface area contributed by atoms with Gasteiger partial charge in [-0.1, -0.05) is 18.2 Å². The molecule has 5 heteroatoms. The molecule has 0 fully saturated rings. The summed E-state index contributed by atoms with van der Waals surface area (Å²) in [6, 6.07) is 7.10. The van der Waals surface area contributed by atoms with Crippen LogP contribution in [0.1, 0.15) is 22.3 Å². The van der Waals surface area contributed by atoms with Crippen LogP contribution >= 0.6 is 0 Å². The molecule has 1 rings (SSSR count). The molecule has 1 aromatic carbocycles. The molecule has 0 heterocycles. The summed E-state index contributed by atoms with van der Waals surface area (Å²) in [6.07, 6.45) is 0.160. The lowest BCUT2D eigenvalue weighted by atomic mass is 10.1. The molecule has 0 aliphatic carbocycles. The quantitative estimate of drug-likeness (QED) is 0.727. The van der Waals surface area contributed by atoms with E-state index in [2.05, 4.69) is 10.1 Å². The fourth-order valence-electron chi connectivity index (χ4n) is 1.40.